The molecule has 0 saturated carbocycles. The minimum absolute atomic E-state index is 0.260. The first kappa shape index (κ1) is 14.0. The molecule has 2 N–H and O–H groups in total. The number of nitrogens with one attached hydrogen (secondary N) is 1. The van der Waals surface area contributed by atoms with E-state index >= 15 is 0 Å². The van der Waals surface area contributed by atoms with Crippen LogP contribution in [0.4, 0.5) is 0 Å². The average Bonchev–Trinajstić information content (AvgIpc) is 2.83. The molecule has 0 radical (unpaired) electrons. The van der Waals surface area contributed by atoms with Crippen molar-refractivity contribution in [3.8, 4) is 16.3 Å². The van der Waals surface area contributed by atoms with Crippen LogP contribution in [0.15, 0.2) is 24.3 Å². The third-order valence-electron chi connectivity index (χ3n) is 2.68. The Labute approximate surface area is 117 Å². The van der Waals surface area contributed by atoms with Gasteiger partial charge in [-0.15, -0.1) is 10.2 Å². The summed E-state index contributed by atoms with van der Waals surface area (Å²) in [4.78, 5) is 0. The van der Waals surface area contributed by atoms with Crippen molar-refractivity contribution in [2.45, 2.75) is 32.7 Å². The Hall–Kier alpha value is -1.46. The maximum Gasteiger partial charge on any atom is 0.147 e. The van der Waals surface area contributed by atoms with E-state index in [9.17, 15) is 5.11 Å². The molecular weight excluding hydrogens is 258 g/mol. The van der Waals surface area contributed by atoms with Crippen molar-refractivity contribution in [1.29, 1.82) is 0 Å². The number of benzene rings is 1. The Balaban J connectivity index is 1.92. The molecule has 1 aromatic heterocycles. The van der Waals surface area contributed by atoms with E-state index in [0.717, 1.165) is 35.0 Å². The molecule has 1 heterocycles. The number of hydrogen-bond acceptors (Lipinski definition) is 5. The number of aromatic hydroxyl groups is 1. The Kier molecular flexibility index (Phi) is 4.87. The highest BCUT2D eigenvalue weighted by Crippen LogP contribution is 2.26. The molecule has 0 aliphatic rings. The van der Waals surface area contributed by atoms with Crippen LogP contribution >= 0.6 is 11.3 Å². The molecule has 0 atom stereocenters. The normalized spacial score (nSPS) is 11.1. The Morgan fingerprint density at radius 2 is 2.16 bits per heavy atom. The number of rotatable bonds is 6. The summed E-state index contributed by atoms with van der Waals surface area (Å²) in [5.74, 6) is 0.260. The highest BCUT2D eigenvalue weighted by molar-refractivity contribution is 7.14. The molecule has 102 valence electrons. The van der Waals surface area contributed by atoms with Gasteiger partial charge in [-0.1, -0.05) is 37.3 Å². The molecule has 5 heteroatoms. The van der Waals surface area contributed by atoms with E-state index in [-0.39, 0.29) is 5.75 Å². The van der Waals surface area contributed by atoms with Crippen LogP contribution in [0.3, 0.4) is 0 Å². The van der Waals surface area contributed by atoms with Crippen molar-refractivity contribution < 1.29 is 5.11 Å². The van der Waals surface area contributed by atoms with Gasteiger partial charge in [0.25, 0.3) is 0 Å². The van der Waals surface area contributed by atoms with Gasteiger partial charge in [-0.2, -0.15) is 0 Å². The van der Waals surface area contributed by atoms with Crippen molar-refractivity contribution in [2.75, 3.05) is 6.54 Å². The summed E-state index contributed by atoms with van der Waals surface area (Å²) in [7, 11) is 0. The van der Waals surface area contributed by atoms with Gasteiger partial charge in [0, 0.05) is 18.0 Å². The molecule has 0 unspecified atom stereocenters. The highest BCUT2D eigenvalue weighted by Gasteiger charge is 2.07. The highest BCUT2D eigenvalue weighted by atomic mass is 32.1. The summed E-state index contributed by atoms with van der Waals surface area (Å²) in [6.07, 6.45) is 2.00. The number of aryl methyl sites for hydroxylation is 1. The maximum absolute atomic E-state index is 9.45. The van der Waals surface area contributed by atoms with Gasteiger partial charge < -0.3 is 10.4 Å². The van der Waals surface area contributed by atoms with E-state index in [4.69, 9.17) is 0 Å². The number of nitrogens with zero attached hydrogens (tertiary/aromatic N) is 2. The second-order valence-corrected chi connectivity index (χ2v) is 5.83. The van der Waals surface area contributed by atoms with Crippen molar-refractivity contribution in [3.63, 3.8) is 0 Å². The standard InChI is InChI=1S/C14H19N3OS/c1-10(2)15-8-4-7-13-16-17-14(19-13)11-5-3-6-12(18)9-11/h3,5-6,9-10,15,18H,4,7-8H2,1-2H3. The zero-order chi connectivity index (χ0) is 13.7. The van der Waals surface area contributed by atoms with E-state index in [1.165, 1.54) is 0 Å². The fraction of sp³-hybridized carbons (Fsp3) is 0.429. The van der Waals surface area contributed by atoms with Crippen LogP contribution in [-0.2, 0) is 6.42 Å². The first-order chi connectivity index (χ1) is 9.15. The van der Waals surface area contributed by atoms with Gasteiger partial charge in [-0.05, 0) is 25.1 Å². The van der Waals surface area contributed by atoms with Gasteiger partial charge in [-0.3, -0.25) is 0 Å². The quantitative estimate of drug-likeness (QED) is 0.797. The summed E-state index contributed by atoms with van der Waals surface area (Å²) in [5.41, 5.74) is 0.920. The number of hydrogen-bond donors (Lipinski definition) is 2. The molecule has 0 aliphatic carbocycles. The summed E-state index contributed by atoms with van der Waals surface area (Å²) < 4.78 is 0. The second kappa shape index (κ2) is 6.63. The van der Waals surface area contributed by atoms with E-state index in [1.807, 2.05) is 12.1 Å². The molecule has 2 rings (SSSR count). The minimum atomic E-state index is 0.260. The van der Waals surface area contributed by atoms with Gasteiger partial charge in [0.2, 0.25) is 0 Å². The molecule has 4 nitrogen and oxygen atoms in total. The van der Waals surface area contributed by atoms with Crippen molar-refractivity contribution in [1.82, 2.24) is 15.5 Å². The third-order valence-corrected chi connectivity index (χ3v) is 3.71. The summed E-state index contributed by atoms with van der Waals surface area (Å²) >= 11 is 1.59. The Bertz CT molecular complexity index is 525. The zero-order valence-corrected chi connectivity index (χ0v) is 12.1. The lowest BCUT2D eigenvalue weighted by atomic mass is 10.2. The van der Waals surface area contributed by atoms with Gasteiger partial charge in [0.05, 0.1) is 0 Å². The molecule has 0 bridgehead atoms. The predicted octanol–water partition coefficient (Wildman–Crippen LogP) is 2.84. The predicted molar refractivity (Wildman–Crippen MR) is 78.5 cm³/mol. The van der Waals surface area contributed by atoms with Gasteiger partial charge in [0.15, 0.2) is 0 Å². The lowest BCUT2D eigenvalue weighted by Crippen LogP contribution is -2.23. The summed E-state index contributed by atoms with van der Waals surface area (Å²) in [6, 6.07) is 7.65. The number of phenolic OH excluding ortho intramolecular Hbond substituents is 1. The SMILES string of the molecule is CC(C)NCCCc1nnc(-c2cccc(O)c2)s1. The van der Waals surface area contributed by atoms with Crippen molar-refractivity contribution in [2.24, 2.45) is 0 Å². The van der Waals surface area contributed by atoms with Crippen LogP contribution in [-0.4, -0.2) is 27.9 Å². The first-order valence-corrected chi connectivity index (χ1v) is 7.32. The van der Waals surface area contributed by atoms with E-state index in [0.29, 0.717) is 6.04 Å². The number of aromatic nitrogens is 2. The molecule has 0 aliphatic heterocycles. The smallest absolute Gasteiger partial charge is 0.147 e. The Morgan fingerprint density at radius 3 is 2.89 bits per heavy atom. The van der Waals surface area contributed by atoms with E-state index in [1.54, 1.807) is 23.5 Å². The van der Waals surface area contributed by atoms with Crippen LogP contribution in [0.1, 0.15) is 25.3 Å². The van der Waals surface area contributed by atoms with Crippen LogP contribution in [0, 0.1) is 0 Å². The summed E-state index contributed by atoms with van der Waals surface area (Å²) in [5, 5.41) is 23.1. The molecule has 0 spiro atoms. The fourth-order valence-corrected chi connectivity index (χ4v) is 2.62. The molecule has 1 aromatic carbocycles. The van der Waals surface area contributed by atoms with Gasteiger partial charge >= 0.3 is 0 Å². The van der Waals surface area contributed by atoms with Crippen molar-refractivity contribution >= 4 is 11.3 Å². The van der Waals surface area contributed by atoms with E-state index < -0.39 is 0 Å². The van der Waals surface area contributed by atoms with Crippen LogP contribution in [0.2, 0.25) is 0 Å². The molecule has 0 fully saturated rings. The fourth-order valence-electron chi connectivity index (χ4n) is 1.74. The summed E-state index contributed by atoms with van der Waals surface area (Å²) in [6.45, 7) is 5.29. The molecular formula is C14H19N3OS. The van der Waals surface area contributed by atoms with Crippen LogP contribution < -0.4 is 5.32 Å². The minimum Gasteiger partial charge on any atom is -0.508 e. The first-order valence-electron chi connectivity index (χ1n) is 6.50. The lowest BCUT2D eigenvalue weighted by molar-refractivity contribution is 0.475. The molecule has 2 aromatic rings. The average molecular weight is 277 g/mol. The lowest BCUT2D eigenvalue weighted by Gasteiger charge is -2.05. The monoisotopic (exact) mass is 277 g/mol. The van der Waals surface area contributed by atoms with Crippen molar-refractivity contribution in [3.05, 3.63) is 29.3 Å². The van der Waals surface area contributed by atoms with Crippen LogP contribution in [0.5, 0.6) is 5.75 Å². The molecule has 0 amide bonds. The third kappa shape index (κ3) is 4.29. The maximum atomic E-state index is 9.45. The largest absolute Gasteiger partial charge is 0.508 e. The topological polar surface area (TPSA) is 58.0 Å². The second-order valence-electron chi connectivity index (χ2n) is 4.76. The van der Waals surface area contributed by atoms with Gasteiger partial charge in [-0.25, -0.2) is 0 Å². The Morgan fingerprint density at radius 1 is 1.32 bits per heavy atom. The number of phenols is 1. The zero-order valence-electron chi connectivity index (χ0n) is 11.3. The van der Waals surface area contributed by atoms with Gasteiger partial charge in [0.1, 0.15) is 15.8 Å². The van der Waals surface area contributed by atoms with Crippen LogP contribution in [0.25, 0.3) is 10.6 Å². The van der Waals surface area contributed by atoms with E-state index in [2.05, 4.69) is 29.4 Å². The molecule has 19 heavy (non-hydrogen) atoms. The molecule has 0 saturated heterocycles.